The Morgan fingerprint density at radius 1 is 0.971 bits per heavy atom. The van der Waals surface area contributed by atoms with E-state index in [1.54, 1.807) is 0 Å². The van der Waals surface area contributed by atoms with Crippen molar-refractivity contribution in [1.82, 2.24) is 10.6 Å². The maximum Gasteiger partial charge on any atom is 0.407 e. The number of amides is 2. The van der Waals surface area contributed by atoms with Crippen LogP contribution >= 0.6 is 0 Å². The first-order valence-corrected chi connectivity index (χ1v) is 11.8. The summed E-state index contributed by atoms with van der Waals surface area (Å²) in [6.45, 7) is 6.28. The summed E-state index contributed by atoms with van der Waals surface area (Å²) in [7, 11) is 0. The fourth-order valence-corrected chi connectivity index (χ4v) is 4.45. The van der Waals surface area contributed by atoms with Crippen LogP contribution in [0.5, 0.6) is 0 Å². The number of carbonyl (C=O) groups is 3. The third-order valence-corrected chi connectivity index (χ3v) is 6.07. The van der Waals surface area contributed by atoms with Gasteiger partial charge in [-0.05, 0) is 34.1 Å². The predicted molar refractivity (Wildman–Crippen MR) is 132 cm³/mol. The van der Waals surface area contributed by atoms with Crippen LogP contribution in [0.3, 0.4) is 0 Å². The van der Waals surface area contributed by atoms with Crippen LogP contribution in [-0.4, -0.2) is 54.0 Å². The number of benzene rings is 2. The minimum absolute atomic E-state index is 0.0257. The number of carboxylic acid groups (broad SMARTS) is 1. The number of nitrogens with one attached hydrogen (secondary N) is 2. The van der Waals surface area contributed by atoms with E-state index in [2.05, 4.69) is 22.8 Å². The van der Waals surface area contributed by atoms with Gasteiger partial charge in [0.2, 0.25) is 5.91 Å². The Hall–Kier alpha value is -3.39. The lowest BCUT2D eigenvalue weighted by Crippen LogP contribution is -2.42. The van der Waals surface area contributed by atoms with E-state index in [1.165, 1.54) is 0 Å². The lowest BCUT2D eigenvalue weighted by molar-refractivity contribution is -0.147. The highest BCUT2D eigenvalue weighted by atomic mass is 16.5. The van der Waals surface area contributed by atoms with E-state index in [-0.39, 0.29) is 43.4 Å². The third kappa shape index (κ3) is 7.05. The van der Waals surface area contributed by atoms with Gasteiger partial charge in [-0.2, -0.15) is 0 Å². The van der Waals surface area contributed by atoms with Gasteiger partial charge in [-0.3, -0.25) is 4.79 Å². The van der Waals surface area contributed by atoms with Gasteiger partial charge in [0.05, 0.1) is 5.92 Å². The highest BCUT2D eigenvalue weighted by Crippen LogP contribution is 2.44. The smallest absolute Gasteiger partial charge is 0.407 e. The third-order valence-electron chi connectivity index (χ3n) is 6.07. The van der Waals surface area contributed by atoms with Crippen LogP contribution in [0.4, 0.5) is 4.79 Å². The Labute approximate surface area is 205 Å². The van der Waals surface area contributed by atoms with Crippen LogP contribution in [0.2, 0.25) is 0 Å². The number of hydrogen-bond donors (Lipinski definition) is 4. The first kappa shape index (κ1) is 26.2. The van der Waals surface area contributed by atoms with Gasteiger partial charge in [0.1, 0.15) is 6.61 Å². The number of rotatable bonds is 10. The molecular weight excluding hydrogens is 448 g/mol. The molecule has 1 aliphatic carbocycles. The molecule has 4 N–H and O–H groups in total. The van der Waals surface area contributed by atoms with Crippen LogP contribution in [-0.2, 0) is 14.3 Å². The van der Waals surface area contributed by atoms with Crippen LogP contribution in [0.1, 0.15) is 50.7 Å². The zero-order valence-corrected chi connectivity index (χ0v) is 20.4. The first-order chi connectivity index (χ1) is 16.6. The van der Waals surface area contributed by atoms with Crippen molar-refractivity contribution >= 4 is 18.0 Å². The van der Waals surface area contributed by atoms with Crippen molar-refractivity contribution in [2.75, 3.05) is 19.7 Å². The SMILES string of the molecule is CC(C)(C)CC(CNC(=O)OCC1c2ccccc2-c2ccccc21)C(=O)NCC[C@H](O)C(=O)O. The van der Waals surface area contributed by atoms with E-state index >= 15 is 0 Å². The lowest BCUT2D eigenvalue weighted by atomic mass is 9.84. The molecule has 0 aromatic heterocycles. The topological polar surface area (TPSA) is 125 Å². The molecule has 0 spiro atoms. The van der Waals surface area contributed by atoms with Gasteiger partial charge in [-0.15, -0.1) is 0 Å². The van der Waals surface area contributed by atoms with Gasteiger partial charge in [-0.25, -0.2) is 9.59 Å². The molecule has 8 nitrogen and oxygen atoms in total. The van der Waals surface area contributed by atoms with Crippen molar-refractivity contribution in [3.05, 3.63) is 59.7 Å². The van der Waals surface area contributed by atoms with E-state index in [4.69, 9.17) is 9.84 Å². The van der Waals surface area contributed by atoms with E-state index in [0.29, 0.717) is 6.42 Å². The second-order valence-corrected chi connectivity index (χ2v) is 10.1. The normalized spacial score (nSPS) is 14.4. The Morgan fingerprint density at radius 3 is 2.09 bits per heavy atom. The van der Waals surface area contributed by atoms with E-state index in [0.717, 1.165) is 22.3 Å². The standard InChI is InChI=1S/C27H34N2O6/c1-27(2,3)14-17(24(31)28-13-12-23(30)25(32)33)15-29-26(34)35-16-22-20-10-6-4-8-18(20)19-9-5-7-11-21(19)22/h4-11,17,22-23,30H,12-16H2,1-3H3,(H,28,31)(H,29,34)(H,32,33)/t17?,23-/m0/s1. The maximum absolute atomic E-state index is 12.7. The van der Waals surface area contributed by atoms with Crippen molar-refractivity contribution in [2.45, 2.75) is 45.6 Å². The summed E-state index contributed by atoms with van der Waals surface area (Å²) in [5, 5.41) is 23.5. The summed E-state index contributed by atoms with van der Waals surface area (Å²) >= 11 is 0. The van der Waals surface area contributed by atoms with Gasteiger partial charge < -0.3 is 25.6 Å². The van der Waals surface area contributed by atoms with Crippen molar-refractivity contribution in [3.8, 4) is 11.1 Å². The van der Waals surface area contributed by atoms with Gasteiger partial charge in [0.15, 0.2) is 6.10 Å². The largest absolute Gasteiger partial charge is 0.479 e. The monoisotopic (exact) mass is 482 g/mol. The molecular formula is C27H34N2O6. The molecule has 1 aliphatic rings. The number of fused-ring (bicyclic) bond motifs is 3. The molecule has 3 rings (SSSR count). The summed E-state index contributed by atoms with van der Waals surface area (Å²) in [5.41, 5.74) is 4.36. The number of hydrogen-bond acceptors (Lipinski definition) is 5. The molecule has 0 bridgehead atoms. The van der Waals surface area contributed by atoms with Gasteiger partial charge in [-0.1, -0.05) is 69.3 Å². The number of aliphatic hydroxyl groups excluding tert-OH is 1. The van der Waals surface area contributed by atoms with Gasteiger partial charge >= 0.3 is 12.1 Å². The Morgan fingerprint density at radius 2 is 1.54 bits per heavy atom. The van der Waals surface area contributed by atoms with Crippen LogP contribution < -0.4 is 10.6 Å². The number of carboxylic acids is 1. The first-order valence-electron chi connectivity index (χ1n) is 11.8. The summed E-state index contributed by atoms with van der Waals surface area (Å²) in [6.07, 6.45) is -1.72. The summed E-state index contributed by atoms with van der Waals surface area (Å²) in [4.78, 5) is 36.0. The summed E-state index contributed by atoms with van der Waals surface area (Å²) in [6, 6.07) is 16.2. The van der Waals surface area contributed by atoms with Crippen molar-refractivity contribution in [2.24, 2.45) is 11.3 Å². The molecule has 8 heteroatoms. The van der Waals surface area contributed by atoms with E-state index in [9.17, 15) is 19.5 Å². The second kappa shape index (κ2) is 11.4. The average molecular weight is 483 g/mol. The molecule has 0 saturated carbocycles. The fourth-order valence-electron chi connectivity index (χ4n) is 4.45. The molecule has 2 amide bonds. The van der Waals surface area contributed by atoms with Crippen LogP contribution in [0.25, 0.3) is 11.1 Å². The molecule has 2 aromatic rings. The Bertz CT molecular complexity index is 1020. The molecule has 2 aromatic carbocycles. The number of ether oxygens (including phenoxy) is 1. The summed E-state index contributed by atoms with van der Waals surface area (Å²) in [5.74, 6) is -2.22. The van der Waals surface area contributed by atoms with Crippen molar-refractivity contribution in [3.63, 3.8) is 0 Å². The number of alkyl carbamates (subject to hydrolysis) is 1. The summed E-state index contributed by atoms with van der Waals surface area (Å²) < 4.78 is 5.56. The average Bonchev–Trinajstić information content (AvgIpc) is 3.13. The lowest BCUT2D eigenvalue weighted by Gasteiger charge is -2.25. The highest BCUT2D eigenvalue weighted by molar-refractivity contribution is 5.80. The minimum Gasteiger partial charge on any atom is -0.479 e. The molecule has 0 heterocycles. The molecule has 2 atom stereocenters. The minimum atomic E-state index is -1.53. The molecule has 1 unspecified atom stereocenters. The Kier molecular flexibility index (Phi) is 8.51. The molecule has 0 radical (unpaired) electrons. The number of aliphatic carboxylic acids is 1. The maximum atomic E-state index is 12.7. The van der Waals surface area contributed by atoms with Crippen LogP contribution in [0, 0.1) is 11.3 Å². The van der Waals surface area contributed by atoms with E-state index in [1.807, 2.05) is 57.2 Å². The van der Waals surface area contributed by atoms with E-state index < -0.39 is 24.1 Å². The molecule has 0 fully saturated rings. The molecule has 0 aliphatic heterocycles. The number of aliphatic hydroxyl groups is 1. The quantitative estimate of drug-likeness (QED) is 0.411. The van der Waals surface area contributed by atoms with Crippen molar-refractivity contribution in [1.29, 1.82) is 0 Å². The van der Waals surface area contributed by atoms with Crippen molar-refractivity contribution < 1.29 is 29.3 Å². The second-order valence-electron chi connectivity index (χ2n) is 10.1. The molecule has 188 valence electrons. The fraction of sp³-hybridized carbons (Fsp3) is 0.444. The Balaban J connectivity index is 1.56. The highest BCUT2D eigenvalue weighted by Gasteiger charge is 2.30. The van der Waals surface area contributed by atoms with Gasteiger partial charge in [0.25, 0.3) is 0 Å². The zero-order chi connectivity index (χ0) is 25.6. The molecule has 0 saturated heterocycles. The van der Waals surface area contributed by atoms with Crippen LogP contribution in [0.15, 0.2) is 48.5 Å². The van der Waals surface area contributed by atoms with Gasteiger partial charge in [0, 0.05) is 25.4 Å². The number of carbonyl (C=O) groups excluding carboxylic acids is 2. The zero-order valence-electron chi connectivity index (χ0n) is 20.4. The molecule has 35 heavy (non-hydrogen) atoms. The predicted octanol–water partition coefficient (Wildman–Crippen LogP) is 3.53.